The fourth-order valence-corrected chi connectivity index (χ4v) is 2.72. The zero-order valence-electron chi connectivity index (χ0n) is 13.7. The van der Waals surface area contributed by atoms with E-state index in [0.29, 0.717) is 23.5 Å². The van der Waals surface area contributed by atoms with Crippen LogP contribution in [0.3, 0.4) is 0 Å². The Morgan fingerprint density at radius 2 is 2.08 bits per heavy atom. The van der Waals surface area contributed by atoms with Gasteiger partial charge in [-0.1, -0.05) is 30.3 Å². The quantitative estimate of drug-likeness (QED) is 0.577. The fourth-order valence-electron chi connectivity index (χ4n) is 2.72. The average Bonchev–Trinajstić information content (AvgIpc) is 3.25. The van der Waals surface area contributed by atoms with Gasteiger partial charge < -0.3 is 9.47 Å². The van der Waals surface area contributed by atoms with Crippen molar-refractivity contribution in [1.29, 1.82) is 0 Å². The smallest absolute Gasteiger partial charge is 0.263 e. The zero-order chi connectivity index (χ0) is 17.2. The first-order valence-corrected chi connectivity index (χ1v) is 7.89. The highest BCUT2D eigenvalue weighted by Gasteiger charge is 2.12. The lowest BCUT2D eigenvalue weighted by Crippen LogP contribution is -2.24. The van der Waals surface area contributed by atoms with Crippen molar-refractivity contribution in [2.24, 2.45) is 0 Å². The Hall–Kier alpha value is -3.42. The van der Waals surface area contributed by atoms with E-state index in [9.17, 15) is 4.79 Å². The molecule has 4 rings (SSSR count). The van der Waals surface area contributed by atoms with E-state index in [2.05, 4.69) is 41.8 Å². The molecule has 2 N–H and O–H groups in total. The Morgan fingerprint density at radius 3 is 2.92 bits per heavy atom. The van der Waals surface area contributed by atoms with Gasteiger partial charge in [-0.25, -0.2) is 4.98 Å². The molecule has 0 saturated heterocycles. The van der Waals surface area contributed by atoms with E-state index in [0.717, 1.165) is 12.4 Å². The predicted molar refractivity (Wildman–Crippen MR) is 94.4 cm³/mol. The highest BCUT2D eigenvalue weighted by molar-refractivity contribution is 5.73. The van der Waals surface area contributed by atoms with Crippen molar-refractivity contribution in [3.63, 3.8) is 0 Å². The van der Waals surface area contributed by atoms with Gasteiger partial charge in [0.2, 0.25) is 5.95 Å². The SMILES string of the molecule is CN(Cc1nccn1Cc1ccccc1)c1nc2[nH]ncc2c(=O)[nH]1. The number of rotatable bonds is 5. The van der Waals surface area contributed by atoms with Crippen molar-refractivity contribution in [2.45, 2.75) is 13.1 Å². The predicted octanol–water partition coefficient (Wildman–Crippen LogP) is 1.53. The second-order valence-corrected chi connectivity index (χ2v) is 5.83. The van der Waals surface area contributed by atoms with E-state index in [4.69, 9.17) is 0 Å². The largest absolute Gasteiger partial charge is 0.338 e. The van der Waals surface area contributed by atoms with Crippen molar-refractivity contribution in [3.05, 3.63) is 70.7 Å². The molecule has 0 fully saturated rings. The molecule has 0 aliphatic carbocycles. The molecular weight excluding hydrogens is 318 g/mol. The Kier molecular flexibility index (Phi) is 3.77. The summed E-state index contributed by atoms with van der Waals surface area (Å²) in [6.07, 6.45) is 5.20. The molecule has 3 aromatic heterocycles. The summed E-state index contributed by atoms with van der Waals surface area (Å²) in [6, 6.07) is 10.2. The van der Waals surface area contributed by atoms with Gasteiger partial charge in [0, 0.05) is 26.0 Å². The summed E-state index contributed by atoms with van der Waals surface area (Å²) in [5, 5.41) is 7.03. The van der Waals surface area contributed by atoms with Crippen LogP contribution in [0.15, 0.2) is 53.7 Å². The highest BCUT2D eigenvalue weighted by atomic mass is 16.1. The van der Waals surface area contributed by atoms with Gasteiger partial charge >= 0.3 is 0 Å². The third kappa shape index (κ3) is 3.01. The molecule has 0 saturated carbocycles. The molecule has 8 nitrogen and oxygen atoms in total. The van der Waals surface area contributed by atoms with E-state index < -0.39 is 0 Å². The summed E-state index contributed by atoms with van der Waals surface area (Å²) in [7, 11) is 1.86. The van der Waals surface area contributed by atoms with E-state index in [1.54, 1.807) is 6.20 Å². The minimum Gasteiger partial charge on any atom is -0.338 e. The van der Waals surface area contributed by atoms with Crippen LogP contribution in [0, 0.1) is 0 Å². The van der Waals surface area contributed by atoms with Gasteiger partial charge in [-0.2, -0.15) is 10.1 Å². The van der Waals surface area contributed by atoms with Crippen LogP contribution in [-0.4, -0.2) is 36.8 Å². The monoisotopic (exact) mass is 335 g/mol. The van der Waals surface area contributed by atoms with Crippen LogP contribution in [0.5, 0.6) is 0 Å². The molecule has 0 spiro atoms. The minimum absolute atomic E-state index is 0.215. The number of hydrogen-bond acceptors (Lipinski definition) is 5. The summed E-state index contributed by atoms with van der Waals surface area (Å²) in [5.41, 5.74) is 1.46. The molecule has 126 valence electrons. The summed E-state index contributed by atoms with van der Waals surface area (Å²) in [4.78, 5) is 25.5. The van der Waals surface area contributed by atoms with Crippen LogP contribution in [0.25, 0.3) is 11.0 Å². The zero-order valence-corrected chi connectivity index (χ0v) is 13.7. The third-order valence-electron chi connectivity index (χ3n) is 4.04. The maximum Gasteiger partial charge on any atom is 0.263 e. The lowest BCUT2D eigenvalue weighted by Gasteiger charge is -2.18. The Balaban J connectivity index is 1.57. The van der Waals surface area contributed by atoms with Gasteiger partial charge in [0.25, 0.3) is 5.56 Å². The van der Waals surface area contributed by atoms with Crippen LogP contribution in [0.2, 0.25) is 0 Å². The Labute approximate surface area is 143 Å². The van der Waals surface area contributed by atoms with E-state index in [-0.39, 0.29) is 5.56 Å². The van der Waals surface area contributed by atoms with Crippen LogP contribution in [-0.2, 0) is 13.1 Å². The molecule has 3 heterocycles. The highest BCUT2D eigenvalue weighted by Crippen LogP contribution is 2.12. The fraction of sp³-hybridized carbons (Fsp3) is 0.176. The number of aromatic amines is 2. The molecule has 0 radical (unpaired) electrons. The van der Waals surface area contributed by atoms with Crippen LogP contribution >= 0.6 is 0 Å². The number of anilines is 1. The molecule has 1 aromatic carbocycles. The number of nitrogens with one attached hydrogen (secondary N) is 2. The molecule has 0 aliphatic heterocycles. The molecule has 0 aliphatic rings. The molecular formula is C17H17N7O. The number of aromatic nitrogens is 6. The minimum atomic E-state index is -0.215. The normalized spacial score (nSPS) is 11.1. The van der Waals surface area contributed by atoms with E-state index in [1.165, 1.54) is 11.8 Å². The molecule has 0 bridgehead atoms. The Morgan fingerprint density at radius 1 is 1.24 bits per heavy atom. The lowest BCUT2D eigenvalue weighted by molar-refractivity contribution is 0.700. The van der Waals surface area contributed by atoms with Crippen LogP contribution in [0.1, 0.15) is 11.4 Å². The molecule has 8 heteroatoms. The Bertz CT molecular complexity index is 1050. The van der Waals surface area contributed by atoms with Crippen molar-refractivity contribution < 1.29 is 0 Å². The standard InChI is InChI=1S/C17H17N7O/c1-23(17-20-15-13(9-19-22-15)16(25)21-17)11-14-18-7-8-24(14)10-12-5-3-2-4-6-12/h2-9H,10-11H2,1H3,(H2,19,20,21,22,25). The molecule has 0 unspecified atom stereocenters. The second-order valence-electron chi connectivity index (χ2n) is 5.83. The number of H-pyrrole nitrogens is 2. The van der Waals surface area contributed by atoms with Crippen LogP contribution in [0.4, 0.5) is 5.95 Å². The van der Waals surface area contributed by atoms with Crippen molar-refractivity contribution in [1.82, 2.24) is 29.7 Å². The topological polar surface area (TPSA) is 95.5 Å². The van der Waals surface area contributed by atoms with Gasteiger partial charge in [-0.3, -0.25) is 14.9 Å². The van der Waals surface area contributed by atoms with Crippen LogP contribution < -0.4 is 10.5 Å². The maximum absolute atomic E-state index is 12.1. The van der Waals surface area contributed by atoms with Crippen molar-refractivity contribution in [3.8, 4) is 0 Å². The van der Waals surface area contributed by atoms with Gasteiger partial charge in [0.15, 0.2) is 5.65 Å². The number of hydrogen-bond donors (Lipinski definition) is 2. The van der Waals surface area contributed by atoms with Gasteiger partial charge in [0.05, 0.1) is 12.7 Å². The maximum atomic E-state index is 12.1. The number of benzene rings is 1. The molecule has 4 aromatic rings. The van der Waals surface area contributed by atoms with Crippen molar-refractivity contribution in [2.75, 3.05) is 11.9 Å². The molecule has 25 heavy (non-hydrogen) atoms. The van der Waals surface area contributed by atoms with Gasteiger partial charge in [-0.15, -0.1) is 0 Å². The van der Waals surface area contributed by atoms with E-state index >= 15 is 0 Å². The van der Waals surface area contributed by atoms with E-state index in [1.807, 2.05) is 36.3 Å². The summed E-state index contributed by atoms with van der Waals surface area (Å²) in [5.74, 6) is 1.36. The number of imidazole rings is 1. The van der Waals surface area contributed by atoms with Gasteiger partial charge in [0.1, 0.15) is 11.2 Å². The molecule has 0 amide bonds. The summed E-state index contributed by atoms with van der Waals surface area (Å²) >= 11 is 0. The second kappa shape index (κ2) is 6.23. The number of fused-ring (bicyclic) bond motifs is 1. The summed E-state index contributed by atoms with van der Waals surface area (Å²) < 4.78 is 2.08. The first-order valence-electron chi connectivity index (χ1n) is 7.89. The third-order valence-corrected chi connectivity index (χ3v) is 4.04. The van der Waals surface area contributed by atoms with Crippen molar-refractivity contribution >= 4 is 17.0 Å². The first-order chi connectivity index (χ1) is 12.2. The average molecular weight is 335 g/mol. The number of nitrogens with zero attached hydrogens (tertiary/aromatic N) is 5. The molecule has 0 atom stereocenters. The first kappa shape index (κ1) is 15.1. The lowest BCUT2D eigenvalue weighted by atomic mass is 10.2. The summed E-state index contributed by atoms with van der Waals surface area (Å²) in [6.45, 7) is 1.26. The van der Waals surface area contributed by atoms with Gasteiger partial charge in [-0.05, 0) is 5.56 Å².